The van der Waals surface area contributed by atoms with Crippen molar-refractivity contribution in [2.24, 2.45) is 5.73 Å². The largest absolute Gasteiger partial charge is 0.354 e. The summed E-state index contributed by atoms with van der Waals surface area (Å²) in [6.07, 6.45) is 0.452. The summed E-state index contributed by atoms with van der Waals surface area (Å²) in [7, 11) is 0. The highest BCUT2D eigenvalue weighted by Gasteiger charge is 2.11. The van der Waals surface area contributed by atoms with Crippen LogP contribution in [0.25, 0.3) is 0 Å². The molecular weight excluding hydrogens is 206 g/mol. The summed E-state index contributed by atoms with van der Waals surface area (Å²) in [5.74, 6) is -0.227. The van der Waals surface area contributed by atoms with Crippen molar-refractivity contribution < 1.29 is 9.59 Å². The van der Waals surface area contributed by atoms with Gasteiger partial charge in [0.15, 0.2) is 0 Å². The molecule has 0 aliphatic carbocycles. The normalized spacial score (nSPS) is 12.9. The first kappa shape index (κ1) is 17.3. The fraction of sp³-hybridized carbons (Fsp3) is 0.818. The van der Waals surface area contributed by atoms with E-state index in [0.717, 1.165) is 0 Å². The molecule has 96 valence electrons. The lowest BCUT2D eigenvalue weighted by molar-refractivity contribution is -0.124. The Bertz CT molecular complexity index is 205. The van der Waals surface area contributed by atoms with E-state index in [9.17, 15) is 9.59 Å². The van der Waals surface area contributed by atoms with Gasteiger partial charge in [0.05, 0.1) is 6.04 Å². The number of hydrogen-bond acceptors (Lipinski definition) is 3. The summed E-state index contributed by atoms with van der Waals surface area (Å²) < 4.78 is 0. The van der Waals surface area contributed by atoms with Gasteiger partial charge in [-0.3, -0.25) is 9.59 Å². The third kappa shape index (κ3) is 9.45. The maximum absolute atomic E-state index is 11.1. The lowest BCUT2D eigenvalue weighted by Gasteiger charge is -2.15. The van der Waals surface area contributed by atoms with Crippen LogP contribution in [0.1, 0.15) is 41.0 Å². The molecule has 16 heavy (non-hydrogen) atoms. The van der Waals surface area contributed by atoms with E-state index in [1.165, 1.54) is 0 Å². The number of nitrogens with two attached hydrogens (primary N) is 1. The van der Waals surface area contributed by atoms with E-state index < -0.39 is 6.04 Å². The number of amides is 2. The standard InChI is InChI=1S/C9H19N3O2.C2H6/c1-4-8(13)11-5-6(2)12-9(14)7(3)10;1-2/h6-7H,4-5,10H2,1-3H3,(H,11,13)(H,12,14);1-2H3/t6-,7-;/m0./s1. The van der Waals surface area contributed by atoms with Gasteiger partial charge in [0.2, 0.25) is 11.8 Å². The highest BCUT2D eigenvalue weighted by Crippen LogP contribution is 1.83. The summed E-state index contributed by atoms with van der Waals surface area (Å²) >= 11 is 0. The smallest absolute Gasteiger partial charge is 0.236 e. The van der Waals surface area contributed by atoms with E-state index in [0.29, 0.717) is 13.0 Å². The lowest BCUT2D eigenvalue weighted by atomic mass is 10.2. The SMILES string of the molecule is CC.CCC(=O)NC[C@H](C)NC(=O)[C@H](C)N. The molecule has 0 fully saturated rings. The third-order valence-electron chi connectivity index (χ3n) is 1.73. The number of nitrogens with one attached hydrogen (secondary N) is 2. The quantitative estimate of drug-likeness (QED) is 0.640. The molecule has 0 aromatic rings. The molecule has 5 nitrogen and oxygen atoms in total. The van der Waals surface area contributed by atoms with Crippen LogP contribution in [-0.2, 0) is 9.59 Å². The van der Waals surface area contributed by atoms with Gasteiger partial charge < -0.3 is 16.4 Å². The zero-order chi connectivity index (χ0) is 13.1. The second-order valence-corrected chi connectivity index (χ2v) is 3.36. The van der Waals surface area contributed by atoms with Gasteiger partial charge in [-0.2, -0.15) is 0 Å². The second kappa shape index (κ2) is 10.4. The number of carbonyl (C=O) groups excluding carboxylic acids is 2. The summed E-state index contributed by atoms with van der Waals surface area (Å²) in [5.41, 5.74) is 5.37. The number of rotatable bonds is 5. The van der Waals surface area contributed by atoms with Crippen LogP contribution in [0.2, 0.25) is 0 Å². The molecule has 0 rings (SSSR count). The van der Waals surface area contributed by atoms with E-state index in [1.54, 1.807) is 13.8 Å². The number of hydrogen-bond donors (Lipinski definition) is 3. The maximum Gasteiger partial charge on any atom is 0.236 e. The molecule has 2 amide bonds. The zero-order valence-corrected chi connectivity index (χ0v) is 11.0. The minimum atomic E-state index is -0.515. The van der Waals surface area contributed by atoms with E-state index in [4.69, 9.17) is 5.73 Å². The van der Waals surface area contributed by atoms with Crippen molar-refractivity contribution in [2.45, 2.75) is 53.1 Å². The van der Waals surface area contributed by atoms with E-state index >= 15 is 0 Å². The van der Waals surface area contributed by atoms with Gasteiger partial charge in [0, 0.05) is 19.0 Å². The van der Waals surface area contributed by atoms with Gasteiger partial charge in [0.1, 0.15) is 0 Å². The summed E-state index contributed by atoms with van der Waals surface area (Å²) in [5, 5.41) is 5.36. The van der Waals surface area contributed by atoms with Crippen LogP contribution in [0.5, 0.6) is 0 Å². The Kier molecular flexibility index (Phi) is 11.3. The van der Waals surface area contributed by atoms with E-state index in [1.807, 2.05) is 20.8 Å². The third-order valence-corrected chi connectivity index (χ3v) is 1.73. The molecule has 0 aliphatic rings. The lowest BCUT2D eigenvalue weighted by Crippen LogP contribution is -2.47. The summed E-state index contributed by atoms with van der Waals surface area (Å²) in [6.45, 7) is 9.65. The van der Waals surface area contributed by atoms with Crippen molar-refractivity contribution in [1.29, 1.82) is 0 Å². The Hall–Kier alpha value is -1.10. The first-order chi connectivity index (χ1) is 7.47. The highest BCUT2D eigenvalue weighted by atomic mass is 16.2. The zero-order valence-electron chi connectivity index (χ0n) is 11.0. The minimum Gasteiger partial charge on any atom is -0.354 e. The molecule has 0 unspecified atom stereocenters. The Balaban J connectivity index is 0. The predicted molar refractivity (Wildman–Crippen MR) is 65.9 cm³/mol. The van der Waals surface area contributed by atoms with Crippen molar-refractivity contribution in [3.63, 3.8) is 0 Å². The molecule has 0 heterocycles. The molecule has 0 aromatic heterocycles. The van der Waals surface area contributed by atoms with Crippen molar-refractivity contribution in [3.05, 3.63) is 0 Å². The van der Waals surface area contributed by atoms with Crippen LogP contribution in [0.4, 0.5) is 0 Å². The molecule has 0 aromatic carbocycles. The fourth-order valence-corrected chi connectivity index (χ4v) is 0.817. The average Bonchev–Trinajstić information content (AvgIpc) is 2.28. The predicted octanol–water partition coefficient (Wildman–Crippen LogP) is 0.391. The van der Waals surface area contributed by atoms with Crippen LogP contribution in [0, 0.1) is 0 Å². The van der Waals surface area contributed by atoms with Gasteiger partial charge in [-0.15, -0.1) is 0 Å². The molecule has 4 N–H and O–H groups in total. The Morgan fingerprint density at radius 2 is 1.75 bits per heavy atom. The molecule has 5 heteroatoms. The summed E-state index contributed by atoms with van der Waals surface area (Å²) in [6, 6.07) is -0.608. The maximum atomic E-state index is 11.1. The molecule has 0 radical (unpaired) electrons. The monoisotopic (exact) mass is 231 g/mol. The van der Waals surface area contributed by atoms with Crippen molar-refractivity contribution in [1.82, 2.24) is 10.6 Å². The Morgan fingerprint density at radius 3 is 2.12 bits per heavy atom. The number of carbonyl (C=O) groups is 2. The highest BCUT2D eigenvalue weighted by molar-refractivity contribution is 5.81. The van der Waals surface area contributed by atoms with Crippen LogP contribution < -0.4 is 16.4 Å². The molecule has 0 bridgehead atoms. The van der Waals surface area contributed by atoms with Gasteiger partial charge >= 0.3 is 0 Å². The minimum absolute atomic E-state index is 0.0214. The van der Waals surface area contributed by atoms with E-state index in [-0.39, 0.29) is 17.9 Å². The van der Waals surface area contributed by atoms with E-state index in [2.05, 4.69) is 10.6 Å². The molecule has 0 spiro atoms. The van der Waals surface area contributed by atoms with Gasteiger partial charge in [-0.25, -0.2) is 0 Å². The Morgan fingerprint density at radius 1 is 1.25 bits per heavy atom. The first-order valence-corrected chi connectivity index (χ1v) is 5.80. The molecule has 0 saturated heterocycles. The molecule has 0 saturated carbocycles. The molecule has 2 atom stereocenters. The molecular formula is C11H25N3O2. The van der Waals surface area contributed by atoms with Crippen molar-refractivity contribution in [3.8, 4) is 0 Å². The van der Waals surface area contributed by atoms with Crippen LogP contribution in [0.3, 0.4) is 0 Å². The van der Waals surface area contributed by atoms with Crippen LogP contribution >= 0.6 is 0 Å². The van der Waals surface area contributed by atoms with Crippen molar-refractivity contribution >= 4 is 11.8 Å². The molecule has 0 aliphatic heterocycles. The van der Waals surface area contributed by atoms with Crippen LogP contribution in [0.15, 0.2) is 0 Å². The van der Waals surface area contributed by atoms with Gasteiger partial charge in [-0.05, 0) is 13.8 Å². The van der Waals surface area contributed by atoms with Gasteiger partial charge in [0.25, 0.3) is 0 Å². The first-order valence-electron chi connectivity index (χ1n) is 5.80. The Labute approximate surface area is 98.2 Å². The topological polar surface area (TPSA) is 84.2 Å². The summed E-state index contributed by atoms with van der Waals surface area (Å²) in [4.78, 5) is 22.0. The van der Waals surface area contributed by atoms with Crippen LogP contribution in [-0.4, -0.2) is 30.4 Å². The van der Waals surface area contributed by atoms with Gasteiger partial charge in [-0.1, -0.05) is 20.8 Å². The van der Waals surface area contributed by atoms with Crippen molar-refractivity contribution in [2.75, 3.05) is 6.54 Å². The fourth-order valence-electron chi connectivity index (χ4n) is 0.817. The average molecular weight is 231 g/mol. The second-order valence-electron chi connectivity index (χ2n) is 3.36.